The van der Waals surface area contributed by atoms with Gasteiger partial charge < -0.3 is 15.9 Å². The van der Waals surface area contributed by atoms with Gasteiger partial charge >= 0.3 is 11.9 Å². The van der Waals surface area contributed by atoms with Crippen LogP contribution >= 0.6 is 0 Å². The summed E-state index contributed by atoms with van der Waals surface area (Å²) in [6.45, 7) is 0. The van der Waals surface area contributed by atoms with E-state index in [2.05, 4.69) is 0 Å². The number of carbonyl (C=O) groups is 2. The summed E-state index contributed by atoms with van der Waals surface area (Å²) in [5.74, 6) is -1.69. The van der Waals surface area contributed by atoms with Gasteiger partial charge in [0.1, 0.15) is 12.1 Å². The van der Waals surface area contributed by atoms with E-state index in [9.17, 15) is 9.59 Å². The van der Waals surface area contributed by atoms with Crippen LogP contribution in [0.2, 0.25) is 0 Å². The Labute approximate surface area is 166 Å². The fourth-order valence-electron chi connectivity index (χ4n) is 2.64. The lowest BCUT2D eigenvalue weighted by Gasteiger charge is -2.19. The van der Waals surface area contributed by atoms with Gasteiger partial charge in [-0.2, -0.15) is 0 Å². The maximum absolute atomic E-state index is 10.9. The third-order valence-corrected chi connectivity index (χ3v) is 4.36. The Morgan fingerprint density at radius 1 is 0.821 bits per heavy atom. The Kier molecular flexibility index (Phi) is 10.5. The molecule has 0 fully saturated rings. The van der Waals surface area contributed by atoms with E-state index in [0.717, 1.165) is 12.0 Å². The minimum Gasteiger partial charge on any atom is -0.480 e. The first kappa shape index (κ1) is 23.3. The lowest BCUT2D eigenvalue weighted by Crippen LogP contribution is -2.35. The second-order valence-electron chi connectivity index (χ2n) is 6.81. The van der Waals surface area contributed by atoms with Gasteiger partial charge in [0.05, 0.1) is 0 Å². The van der Waals surface area contributed by atoms with Crippen molar-refractivity contribution in [1.82, 2.24) is 4.90 Å². The van der Waals surface area contributed by atoms with Crippen molar-refractivity contribution in [3.63, 3.8) is 0 Å². The molecule has 0 heterocycles. The molecule has 0 saturated carbocycles. The highest BCUT2D eigenvalue weighted by Crippen LogP contribution is 2.08. The zero-order valence-corrected chi connectivity index (χ0v) is 16.5. The molecule has 2 aromatic carbocycles. The fourth-order valence-corrected chi connectivity index (χ4v) is 2.64. The standard InChI is InChI=1S/C12H17NO2.C10H13NO2/c1-13(2)11(12(14)15)9-8-10-6-4-3-5-7-10;11-9(10(12)13)7-6-8-4-2-1-3-5-8/h3-7,11H,8-9H2,1-2H3,(H,14,15);1-5,9H,6-7,11H2,(H,12,13)/t11-;9-/m11/s1. The predicted molar refractivity (Wildman–Crippen MR) is 110 cm³/mol. The Hall–Kier alpha value is -2.70. The van der Waals surface area contributed by atoms with E-state index in [4.69, 9.17) is 15.9 Å². The number of carboxylic acid groups (broad SMARTS) is 2. The SMILES string of the molecule is CN(C)[C@H](CCc1ccccc1)C(=O)O.N[C@H](CCc1ccccc1)C(=O)O. The molecule has 0 amide bonds. The molecule has 2 rings (SSSR count). The smallest absolute Gasteiger partial charge is 0.320 e. The van der Waals surface area contributed by atoms with Crippen molar-refractivity contribution < 1.29 is 19.8 Å². The molecule has 0 unspecified atom stereocenters. The summed E-state index contributed by atoms with van der Waals surface area (Å²) in [6, 6.07) is 18.5. The van der Waals surface area contributed by atoms with Crippen molar-refractivity contribution in [2.45, 2.75) is 37.8 Å². The van der Waals surface area contributed by atoms with Gasteiger partial charge in [-0.3, -0.25) is 14.5 Å². The second kappa shape index (κ2) is 12.6. The van der Waals surface area contributed by atoms with E-state index < -0.39 is 24.0 Å². The average molecular weight is 386 g/mol. The molecular weight excluding hydrogens is 356 g/mol. The molecule has 28 heavy (non-hydrogen) atoms. The summed E-state index contributed by atoms with van der Waals surface area (Å²) >= 11 is 0. The van der Waals surface area contributed by atoms with Crippen molar-refractivity contribution >= 4 is 11.9 Å². The first-order valence-corrected chi connectivity index (χ1v) is 9.26. The summed E-state index contributed by atoms with van der Waals surface area (Å²) in [4.78, 5) is 23.1. The second-order valence-corrected chi connectivity index (χ2v) is 6.81. The number of likely N-dealkylation sites (N-methyl/N-ethyl adjacent to an activating group) is 1. The molecule has 2 aromatic rings. The molecule has 152 valence electrons. The van der Waals surface area contributed by atoms with Gasteiger partial charge in [-0.25, -0.2) is 0 Å². The summed E-state index contributed by atoms with van der Waals surface area (Å²) in [5, 5.41) is 17.5. The van der Waals surface area contributed by atoms with E-state index in [0.29, 0.717) is 19.3 Å². The monoisotopic (exact) mass is 386 g/mol. The van der Waals surface area contributed by atoms with E-state index >= 15 is 0 Å². The van der Waals surface area contributed by atoms with Crippen LogP contribution in [0.4, 0.5) is 0 Å². The van der Waals surface area contributed by atoms with Crippen molar-refractivity contribution in [2.75, 3.05) is 14.1 Å². The Bertz CT molecular complexity index is 705. The number of hydrogen-bond donors (Lipinski definition) is 3. The Morgan fingerprint density at radius 2 is 1.25 bits per heavy atom. The number of nitrogens with two attached hydrogens (primary N) is 1. The quantitative estimate of drug-likeness (QED) is 0.612. The zero-order valence-electron chi connectivity index (χ0n) is 16.5. The van der Waals surface area contributed by atoms with Gasteiger partial charge in [-0.1, -0.05) is 60.7 Å². The molecule has 6 nitrogen and oxygen atoms in total. The number of aryl methyl sites for hydroxylation is 2. The van der Waals surface area contributed by atoms with Gasteiger partial charge in [-0.05, 0) is 50.9 Å². The highest BCUT2D eigenvalue weighted by atomic mass is 16.4. The lowest BCUT2D eigenvalue weighted by molar-refractivity contribution is -0.142. The Balaban J connectivity index is 0.000000283. The van der Waals surface area contributed by atoms with Crippen LogP contribution in [0.25, 0.3) is 0 Å². The van der Waals surface area contributed by atoms with Gasteiger partial charge in [0, 0.05) is 0 Å². The normalized spacial score (nSPS) is 12.6. The molecule has 0 saturated heterocycles. The minimum atomic E-state index is -0.934. The molecule has 2 atom stereocenters. The van der Waals surface area contributed by atoms with Gasteiger partial charge in [-0.15, -0.1) is 0 Å². The van der Waals surface area contributed by atoms with Crippen LogP contribution in [-0.2, 0) is 22.4 Å². The van der Waals surface area contributed by atoms with Crippen molar-refractivity contribution in [2.24, 2.45) is 5.73 Å². The van der Waals surface area contributed by atoms with E-state index in [1.807, 2.05) is 60.7 Å². The maximum Gasteiger partial charge on any atom is 0.320 e. The van der Waals surface area contributed by atoms with Crippen molar-refractivity contribution in [1.29, 1.82) is 0 Å². The van der Waals surface area contributed by atoms with Gasteiger partial charge in [0.2, 0.25) is 0 Å². The first-order chi connectivity index (χ1) is 13.3. The van der Waals surface area contributed by atoms with Crippen LogP contribution in [0, 0.1) is 0 Å². The fraction of sp³-hybridized carbons (Fsp3) is 0.364. The molecule has 0 bridgehead atoms. The topological polar surface area (TPSA) is 104 Å². The molecule has 0 aromatic heterocycles. The average Bonchev–Trinajstić information content (AvgIpc) is 2.67. The molecule has 6 heteroatoms. The molecule has 0 aliphatic carbocycles. The summed E-state index contributed by atoms with van der Waals surface area (Å²) in [7, 11) is 3.59. The highest BCUT2D eigenvalue weighted by molar-refractivity contribution is 5.73. The van der Waals surface area contributed by atoms with E-state index in [1.54, 1.807) is 19.0 Å². The molecular formula is C22H30N2O4. The molecule has 0 aliphatic rings. The van der Waals surface area contributed by atoms with Crippen LogP contribution in [0.1, 0.15) is 24.0 Å². The number of carboxylic acids is 2. The van der Waals surface area contributed by atoms with Crippen molar-refractivity contribution in [3.05, 3.63) is 71.8 Å². The summed E-state index contributed by atoms with van der Waals surface area (Å²) in [5.41, 5.74) is 7.67. The first-order valence-electron chi connectivity index (χ1n) is 9.26. The maximum atomic E-state index is 10.9. The van der Waals surface area contributed by atoms with Crippen LogP contribution in [-0.4, -0.2) is 53.2 Å². The zero-order chi connectivity index (χ0) is 20.9. The number of aliphatic carboxylic acids is 2. The summed E-state index contributed by atoms with van der Waals surface area (Å²) < 4.78 is 0. The van der Waals surface area contributed by atoms with Crippen LogP contribution in [0.15, 0.2) is 60.7 Å². The lowest BCUT2D eigenvalue weighted by atomic mass is 10.0. The number of hydrogen-bond acceptors (Lipinski definition) is 4. The molecule has 0 radical (unpaired) electrons. The van der Waals surface area contributed by atoms with Crippen LogP contribution in [0.5, 0.6) is 0 Å². The van der Waals surface area contributed by atoms with Gasteiger partial charge in [0.25, 0.3) is 0 Å². The van der Waals surface area contributed by atoms with E-state index in [1.165, 1.54) is 5.56 Å². The number of nitrogens with zero attached hydrogens (tertiary/aromatic N) is 1. The molecule has 4 N–H and O–H groups in total. The highest BCUT2D eigenvalue weighted by Gasteiger charge is 2.18. The summed E-state index contributed by atoms with van der Waals surface area (Å²) in [6.07, 6.45) is 2.65. The largest absolute Gasteiger partial charge is 0.480 e. The third-order valence-electron chi connectivity index (χ3n) is 4.36. The van der Waals surface area contributed by atoms with Gasteiger partial charge in [0.15, 0.2) is 0 Å². The number of rotatable bonds is 9. The Morgan fingerprint density at radius 3 is 1.61 bits per heavy atom. The third kappa shape index (κ3) is 9.30. The predicted octanol–water partition coefficient (Wildman–Crippen LogP) is 2.67. The van der Waals surface area contributed by atoms with Crippen molar-refractivity contribution in [3.8, 4) is 0 Å². The molecule has 0 aliphatic heterocycles. The van der Waals surface area contributed by atoms with Crippen LogP contribution in [0.3, 0.4) is 0 Å². The van der Waals surface area contributed by atoms with E-state index in [-0.39, 0.29) is 0 Å². The van der Waals surface area contributed by atoms with Crippen LogP contribution < -0.4 is 5.73 Å². The molecule has 0 spiro atoms. The number of benzene rings is 2. The minimum absolute atomic E-state index is 0.398.